The predicted molar refractivity (Wildman–Crippen MR) is 98.6 cm³/mol. The molecule has 0 aromatic rings. The van der Waals surface area contributed by atoms with E-state index in [0.29, 0.717) is 6.04 Å². The Labute approximate surface area is 147 Å². The zero-order chi connectivity index (χ0) is 16.6. The molecule has 3 aliphatic heterocycles. The summed E-state index contributed by atoms with van der Waals surface area (Å²) in [6, 6.07) is 0.665. The Morgan fingerprint density at radius 2 is 1.79 bits per heavy atom. The quantitative estimate of drug-likeness (QED) is 0.608. The summed E-state index contributed by atoms with van der Waals surface area (Å²) < 4.78 is 5.48. The minimum Gasteiger partial charge on any atom is -0.379 e. The molecule has 1 unspecified atom stereocenters. The predicted octanol–water partition coefficient (Wildman–Crippen LogP) is 0.844. The average Bonchev–Trinajstić information content (AvgIpc) is 2.97. The zero-order valence-corrected chi connectivity index (χ0v) is 15.4. The first-order chi connectivity index (χ1) is 11.9. The molecule has 0 aliphatic carbocycles. The van der Waals surface area contributed by atoms with E-state index in [4.69, 9.17) is 4.74 Å². The number of guanidine groups is 1. The Morgan fingerprint density at radius 1 is 1.04 bits per heavy atom. The molecule has 3 aliphatic rings. The van der Waals surface area contributed by atoms with Gasteiger partial charge in [-0.3, -0.25) is 9.89 Å². The van der Waals surface area contributed by atoms with Crippen molar-refractivity contribution in [2.75, 3.05) is 72.6 Å². The highest BCUT2D eigenvalue weighted by Crippen LogP contribution is 2.17. The second kappa shape index (κ2) is 9.59. The van der Waals surface area contributed by atoms with Gasteiger partial charge in [-0.1, -0.05) is 12.8 Å². The summed E-state index contributed by atoms with van der Waals surface area (Å²) in [5, 5.41) is 3.59. The number of nitrogens with zero attached hydrogens (tertiary/aromatic N) is 4. The molecule has 0 bridgehead atoms. The topological polar surface area (TPSA) is 43.3 Å². The van der Waals surface area contributed by atoms with Gasteiger partial charge in [0.1, 0.15) is 0 Å². The number of ether oxygens (including phenoxy) is 1. The van der Waals surface area contributed by atoms with Gasteiger partial charge in [0.15, 0.2) is 5.96 Å². The molecule has 0 aromatic heterocycles. The van der Waals surface area contributed by atoms with E-state index < -0.39 is 0 Å². The molecule has 138 valence electrons. The van der Waals surface area contributed by atoms with Crippen molar-refractivity contribution in [1.82, 2.24) is 20.0 Å². The number of likely N-dealkylation sites (tertiary alicyclic amines) is 2. The Hall–Kier alpha value is -0.850. The summed E-state index contributed by atoms with van der Waals surface area (Å²) in [5.74, 6) is 1.08. The molecule has 3 saturated heterocycles. The maximum Gasteiger partial charge on any atom is 0.193 e. The third-order valence-electron chi connectivity index (χ3n) is 5.65. The summed E-state index contributed by atoms with van der Waals surface area (Å²) in [7, 11) is 1.91. The molecule has 0 amide bonds. The van der Waals surface area contributed by atoms with E-state index in [2.05, 4.69) is 25.0 Å². The largest absolute Gasteiger partial charge is 0.379 e. The maximum absolute atomic E-state index is 5.48. The van der Waals surface area contributed by atoms with E-state index in [1.807, 2.05) is 7.05 Å². The first-order valence-electron chi connectivity index (χ1n) is 9.86. The van der Waals surface area contributed by atoms with E-state index in [1.54, 1.807) is 0 Å². The van der Waals surface area contributed by atoms with Crippen molar-refractivity contribution in [3.63, 3.8) is 0 Å². The molecule has 3 fully saturated rings. The van der Waals surface area contributed by atoms with Crippen LogP contribution in [0.3, 0.4) is 0 Å². The van der Waals surface area contributed by atoms with Crippen LogP contribution in [-0.2, 0) is 4.74 Å². The molecule has 6 nitrogen and oxygen atoms in total. The van der Waals surface area contributed by atoms with E-state index in [-0.39, 0.29) is 0 Å². The van der Waals surface area contributed by atoms with Crippen LogP contribution in [0.2, 0.25) is 0 Å². The molecule has 6 heteroatoms. The zero-order valence-electron chi connectivity index (χ0n) is 15.4. The summed E-state index contributed by atoms with van der Waals surface area (Å²) in [6.45, 7) is 10.8. The number of rotatable bonds is 4. The van der Waals surface area contributed by atoms with Crippen LogP contribution >= 0.6 is 0 Å². The molecule has 3 rings (SSSR count). The van der Waals surface area contributed by atoms with Crippen LogP contribution in [0.25, 0.3) is 0 Å². The fourth-order valence-corrected chi connectivity index (χ4v) is 4.19. The van der Waals surface area contributed by atoms with Gasteiger partial charge in [0.25, 0.3) is 0 Å². The van der Waals surface area contributed by atoms with Crippen molar-refractivity contribution in [3.05, 3.63) is 0 Å². The Bertz CT molecular complexity index is 389. The van der Waals surface area contributed by atoms with Crippen LogP contribution < -0.4 is 5.32 Å². The standard InChI is InChI=1S/C18H35N5O/c1-19-18(20-7-11-21-8-4-2-3-5-9-21)23-10-6-17(16-23)22-12-14-24-15-13-22/h17H,2-16H2,1H3,(H,19,20). The Morgan fingerprint density at radius 3 is 2.50 bits per heavy atom. The lowest BCUT2D eigenvalue weighted by molar-refractivity contribution is 0.0195. The molecular weight excluding hydrogens is 302 g/mol. The highest BCUT2D eigenvalue weighted by molar-refractivity contribution is 5.80. The Kier molecular flexibility index (Phi) is 7.17. The minimum absolute atomic E-state index is 0.665. The van der Waals surface area contributed by atoms with Crippen molar-refractivity contribution in [1.29, 1.82) is 0 Å². The highest BCUT2D eigenvalue weighted by Gasteiger charge is 2.30. The van der Waals surface area contributed by atoms with Gasteiger partial charge in [0.2, 0.25) is 0 Å². The first kappa shape index (κ1) is 18.0. The monoisotopic (exact) mass is 337 g/mol. The van der Waals surface area contributed by atoms with Gasteiger partial charge < -0.3 is 19.9 Å². The highest BCUT2D eigenvalue weighted by atomic mass is 16.5. The molecule has 1 atom stereocenters. The number of nitrogens with one attached hydrogen (secondary N) is 1. The molecule has 0 spiro atoms. The number of hydrogen-bond acceptors (Lipinski definition) is 4. The molecule has 1 N–H and O–H groups in total. The van der Waals surface area contributed by atoms with Crippen LogP contribution in [0.1, 0.15) is 32.1 Å². The minimum atomic E-state index is 0.665. The van der Waals surface area contributed by atoms with Crippen molar-refractivity contribution in [2.45, 2.75) is 38.1 Å². The lowest BCUT2D eigenvalue weighted by Crippen LogP contribution is -2.47. The van der Waals surface area contributed by atoms with Gasteiger partial charge in [-0.15, -0.1) is 0 Å². The van der Waals surface area contributed by atoms with Gasteiger partial charge in [-0.25, -0.2) is 0 Å². The number of hydrogen-bond donors (Lipinski definition) is 1. The second-order valence-electron chi connectivity index (χ2n) is 7.27. The van der Waals surface area contributed by atoms with E-state index in [9.17, 15) is 0 Å². The van der Waals surface area contributed by atoms with Crippen molar-refractivity contribution >= 4 is 5.96 Å². The molecule has 0 saturated carbocycles. The molecular formula is C18H35N5O. The summed E-state index contributed by atoms with van der Waals surface area (Å²) in [4.78, 5) is 12.1. The second-order valence-corrected chi connectivity index (χ2v) is 7.27. The maximum atomic E-state index is 5.48. The fraction of sp³-hybridized carbons (Fsp3) is 0.944. The summed E-state index contributed by atoms with van der Waals surface area (Å²) in [6.07, 6.45) is 6.78. The number of morpholine rings is 1. The molecule has 24 heavy (non-hydrogen) atoms. The van der Waals surface area contributed by atoms with Crippen LogP contribution in [-0.4, -0.2) is 99.3 Å². The normalized spacial score (nSPS) is 28.1. The van der Waals surface area contributed by atoms with E-state index >= 15 is 0 Å². The molecule has 0 radical (unpaired) electrons. The molecule has 0 aromatic carbocycles. The van der Waals surface area contributed by atoms with Crippen LogP contribution in [0.5, 0.6) is 0 Å². The molecule has 3 heterocycles. The third-order valence-corrected chi connectivity index (χ3v) is 5.65. The lowest BCUT2D eigenvalue weighted by atomic mass is 10.2. The third kappa shape index (κ3) is 5.07. The van der Waals surface area contributed by atoms with Gasteiger partial charge in [-0.05, 0) is 32.4 Å². The average molecular weight is 338 g/mol. The van der Waals surface area contributed by atoms with Crippen LogP contribution in [0, 0.1) is 0 Å². The van der Waals surface area contributed by atoms with Crippen molar-refractivity contribution < 1.29 is 4.74 Å². The van der Waals surface area contributed by atoms with Gasteiger partial charge in [0.05, 0.1) is 13.2 Å². The fourth-order valence-electron chi connectivity index (χ4n) is 4.19. The lowest BCUT2D eigenvalue weighted by Gasteiger charge is -2.32. The van der Waals surface area contributed by atoms with E-state index in [1.165, 1.54) is 45.2 Å². The number of aliphatic imine (C=N–C) groups is 1. The SMILES string of the molecule is CN=C(NCCN1CCCCCC1)N1CCC(N2CCOCC2)C1. The summed E-state index contributed by atoms with van der Waals surface area (Å²) in [5.41, 5.74) is 0. The smallest absolute Gasteiger partial charge is 0.193 e. The van der Waals surface area contributed by atoms with Gasteiger partial charge >= 0.3 is 0 Å². The Balaban J connectivity index is 1.39. The van der Waals surface area contributed by atoms with Gasteiger partial charge in [0, 0.05) is 52.4 Å². The first-order valence-corrected chi connectivity index (χ1v) is 9.86. The van der Waals surface area contributed by atoms with Gasteiger partial charge in [-0.2, -0.15) is 0 Å². The van der Waals surface area contributed by atoms with Crippen molar-refractivity contribution in [3.8, 4) is 0 Å². The summed E-state index contributed by atoms with van der Waals surface area (Å²) >= 11 is 0. The van der Waals surface area contributed by atoms with Crippen molar-refractivity contribution in [2.24, 2.45) is 4.99 Å². The van der Waals surface area contributed by atoms with E-state index in [0.717, 1.165) is 58.4 Å². The van der Waals surface area contributed by atoms with Crippen LogP contribution in [0.4, 0.5) is 0 Å². The van der Waals surface area contributed by atoms with Crippen LogP contribution in [0.15, 0.2) is 4.99 Å².